The average molecular weight is 356 g/mol. The minimum Gasteiger partial charge on any atom is -0.403 e. The maximum absolute atomic E-state index is 12.5. The number of benzene rings is 1. The summed E-state index contributed by atoms with van der Waals surface area (Å²) in [5.74, 6) is 3.75. The number of hydrogen-bond donors (Lipinski definition) is 3. The fraction of sp³-hybridized carbons (Fsp3) is 0.214. The van der Waals surface area contributed by atoms with Crippen LogP contribution in [0.2, 0.25) is 0 Å². The molecule has 5 N–H and O–H groups in total. The quantitative estimate of drug-likeness (QED) is 0.414. The van der Waals surface area contributed by atoms with Gasteiger partial charge in [-0.15, -0.1) is 0 Å². The summed E-state index contributed by atoms with van der Waals surface area (Å²) < 4.78 is 41.6. The van der Waals surface area contributed by atoms with Crippen LogP contribution in [0.15, 0.2) is 40.7 Å². The number of amides is 1. The van der Waals surface area contributed by atoms with Crippen LogP contribution in [0.3, 0.4) is 0 Å². The largest absolute Gasteiger partial charge is 0.471 e. The summed E-state index contributed by atoms with van der Waals surface area (Å²) in [6.07, 6.45) is -3.62. The first-order valence-electron chi connectivity index (χ1n) is 6.92. The molecule has 0 fully saturated rings. The summed E-state index contributed by atoms with van der Waals surface area (Å²) in [5, 5.41) is 6.84. The van der Waals surface area contributed by atoms with E-state index in [1.807, 2.05) is 0 Å². The van der Waals surface area contributed by atoms with E-state index in [1.165, 1.54) is 19.2 Å². The maximum atomic E-state index is 12.5. The van der Waals surface area contributed by atoms with E-state index in [-0.39, 0.29) is 18.1 Å². The maximum Gasteiger partial charge on any atom is 0.471 e. The Hall–Kier alpha value is -3.08. The van der Waals surface area contributed by atoms with Gasteiger partial charge in [0.25, 0.3) is 5.91 Å². The van der Waals surface area contributed by atoms with Crippen molar-refractivity contribution in [2.24, 2.45) is 11.6 Å². The number of rotatable bonds is 5. The van der Waals surface area contributed by atoms with Gasteiger partial charge in [0.2, 0.25) is 5.82 Å². The molecule has 1 heterocycles. The Balaban J connectivity index is 2.12. The molecule has 25 heavy (non-hydrogen) atoms. The van der Waals surface area contributed by atoms with Gasteiger partial charge in [0, 0.05) is 18.8 Å². The third-order valence-electron chi connectivity index (χ3n) is 3.16. The molecule has 134 valence electrons. The lowest BCUT2D eigenvalue weighted by Crippen LogP contribution is -2.38. The Morgan fingerprint density at radius 2 is 2.00 bits per heavy atom. The number of aromatic nitrogens is 2. The fourth-order valence-electron chi connectivity index (χ4n) is 1.93. The Labute approximate surface area is 140 Å². The first-order chi connectivity index (χ1) is 11.8. The van der Waals surface area contributed by atoms with Gasteiger partial charge >= 0.3 is 12.1 Å². The molecule has 0 aliphatic carbocycles. The zero-order chi connectivity index (χ0) is 18.6. The van der Waals surface area contributed by atoms with Gasteiger partial charge in [0.1, 0.15) is 5.70 Å². The second-order valence-corrected chi connectivity index (χ2v) is 4.88. The third-order valence-corrected chi connectivity index (χ3v) is 3.16. The molecule has 0 atom stereocenters. The lowest BCUT2D eigenvalue weighted by Gasteiger charge is -2.20. The number of nitrogens with two attached hydrogens (primary N) is 2. The van der Waals surface area contributed by atoms with Crippen LogP contribution in [-0.2, 0) is 17.5 Å². The summed E-state index contributed by atoms with van der Waals surface area (Å²) >= 11 is 0. The molecule has 0 saturated heterocycles. The van der Waals surface area contributed by atoms with Crippen molar-refractivity contribution in [2.45, 2.75) is 12.7 Å². The normalized spacial score (nSPS) is 12.1. The van der Waals surface area contributed by atoms with Crippen molar-refractivity contribution >= 4 is 5.91 Å². The second-order valence-electron chi connectivity index (χ2n) is 4.88. The first-order valence-corrected chi connectivity index (χ1v) is 6.92. The van der Waals surface area contributed by atoms with Gasteiger partial charge in [-0.05, 0) is 5.56 Å². The van der Waals surface area contributed by atoms with Crippen molar-refractivity contribution in [1.29, 1.82) is 0 Å². The van der Waals surface area contributed by atoms with Crippen molar-refractivity contribution in [3.63, 3.8) is 0 Å². The van der Waals surface area contributed by atoms with E-state index in [1.54, 1.807) is 12.1 Å². The van der Waals surface area contributed by atoms with E-state index in [9.17, 15) is 18.0 Å². The Morgan fingerprint density at radius 3 is 2.48 bits per heavy atom. The van der Waals surface area contributed by atoms with Crippen LogP contribution in [0.1, 0.15) is 11.5 Å². The van der Waals surface area contributed by atoms with Gasteiger partial charge < -0.3 is 20.6 Å². The number of alkyl halides is 3. The summed E-state index contributed by atoms with van der Waals surface area (Å²) in [6, 6.07) is 6.24. The second kappa shape index (κ2) is 7.21. The van der Waals surface area contributed by atoms with E-state index < -0.39 is 18.0 Å². The van der Waals surface area contributed by atoms with Crippen molar-refractivity contribution < 1.29 is 22.5 Å². The Bertz CT molecular complexity index is 770. The number of hydrazine groups is 1. The van der Waals surface area contributed by atoms with E-state index in [0.717, 1.165) is 11.2 Å². The minimum atomic E-state index is -4.70. The Kier molecular flexibility index (Phi) is 5.27. The summed E-state index contributed by atoms with van der Waals surface area (Å²) in [5.41, 5.74) is 6.48. The van der Waals surface area contributed by atoms with Gasteiger partial charge in [-0.3, -0.25) is 4.79 Å². The molecule has 0 aliphatic heterocycles. The van der Waals surface area contributed by atoms with Crippen molar-refractivity contribution in [2.75, 3.05) is 7.05 Å². The molecule has 0 unspecified atom stereocenters. The van der Waals surface area contributed by atoms with Gasteiger partial charge in [-0.1, -0.05) is 29.4 Å². The van der Waals surface area contributed by atoms with Crippen LogP contribution in [0.5, 0.6) is 0 Å². The highest BCUT2D eigenvalue weighted by Crippen LogP contribution is 2.29. The lowest BCUT2D eigenvalue weighted by atomic mass is 10.1. The molecule has 2 rings (SSSR count). The lowest BCUT2D eigenvalue weighted by molar-refractivity contribution is -0.159. The summed E-state index contributed by atoms with van der Waals surface area (Å²) in [4.78, 5) is 14.9. The van der Waals surface area contributed by atoms with Gasteiger partial charge in [0.15, 0.2) is 0 Å². The van der Waals surface area contributed by atoms with E-state index in [0.29, 0.717) is 11.1 Å². The number of nitrogens with one attached hydrogen (secondary N) is 1. The van der Waals surface area contributed by atoms with Crippen molar-refractivity contribution in [3.05, 3.63) is 47.6 Å². The first kappa shape index (κ1) is 18.3. The van der Waals surface area contributed by atoms with Gasteiger partial charge in [0.05, 0.1) is 6.54 Å². The molecule has 11 heteroatoms. The van der Waals surface area contributed by atoms with E-state index >= 15 is 0 Å². The number of nitrogens with zero attached hydrogens (tertiary/aromatic N) is 3. The zero-order valence-electron chi connectivity index (χ0n) is 13.0. The molecule has 1 aromatic carbocycles. The molecule has 0 spiro atoms. The fourth-order valence-corrected chi connectivity index (χ4v) is 1.93. The standard InChI is InChI=1S/C14H15F3N6O2/c1-20-12(24)10(6-18)23(19)7-8-2-4-9(5-3-8)11-21-13(25-22-11)14(15,16)17/h2-6H,7,18-19H2,1H3,(H,20,24)/b10-6-. The zero-order valence-corrected chi connectivity index (χ0v) is 13.0. The molecule has 0 aliphatic rings. The SMILES string of the molecule is CNC(=O)/C(=C/N)N(N)Cc1ccc(-c2noc(C(F)(F)F)n2)cc1. The number of carbonyl (C=O) groups excluding carboxylic acids is 1. The molecule has 0 radical (unpaired) electrons. The monoisotopic (exact) mass is 356 g/mol. The molecule has 0 saturated carbocycles. The number of likely N-dealkylation sites (N-methyl/N-ethyl adjacent to an activating group) is 1. The van der Waals surface area contributed by atoms with Gasteiger partial charge in [-0.25, -0.2) is 5.84 Å². The molecular formula is C14H15F3N6O2. The van der Waals surface area contributed by atoms with Crippen LogP contribution >= 0.6 is 0 Å². The van der Waals surface area contributed by atoms with Crippen molar-refractivity contribution in [3.8, 4) is 11.4 Å². The number of halogens is 3. The summed E-state index contributed by atoms with van der Waals surface area (Å²) in [7, 11) is 1.44. The highest BCUT2D eigenvalue weighted by atomic mass is 19.4. The van der Waals surface area contributed by atoms with E-state index in [4.69, 9.17) is 11.6 Å². The van der Waals surface area contributed by atoms with Gasteiger partial charge in [-0.2, -0.15) is 18.2 Å². The molecule has 1 amide bonds. The van der Waals surface area contributed by atoms with E-state index in [2.05, 4.69) is 20.0 Å². The number of carbonyl (C=O) groups is 1. The topological polar surface area (TPSA) is 123 Å². The number of hydrogen-bond acceptors (Lipinski definition) is 7. The Morgan fingerprint density at radius 1 is 1.36 bits per heavy atom. The highest BCUT2D eigenvalue weighted by Gasteiger charge is 2.38. The third kappa shape index (κ3) is 4.26. The highest BCUT2D eigenvalue weighted by molar-refractivity contribution is 5.92. The van der Waals surface area contributed by atoms with Crippen LogP contribution in [0.4, 0.5) is 13.2 Å². The summed E-state index contributed by atoms with van der Waals surface area (Å²) in [6.45, 7) is 0.150. The smallest absolute Gasteiger partial charge is 0.403 e. The van der Waals surface area contributed by atoms with Crippen LogP contribution in [0, 0.1) is 0 Å². The molecule has 1 aromatic heterocycles. The predicted molar refractivity (Wildman–Crippen MR) is 80.8 cm³/mol. The van der Waals surface area contributed by atoms with Crippen LogP contribution in [0.25, 0.3) is 11.4 Å². The predicted octanol–water partition coefficient (Wildman–Crippen LogP) is 0.977. The molecular weight excluding hydrogens is 341 g/mol. The minimum absolute atomic E-state index is 0.0690. The van der Waals surface area contributed by atoms with Crippen LogP contribution < -0.4 is 16.9 Å². The average Bonchev–Trinajstić information content (AvgIpc) is 3.06. The van der Waals surface area contributed by atoms with Crippen molar-refractivity contribution in [1.82, 2.24) is 20.5 Å². The molecule has 2 aromatic rings. The molecule has 8 nitrogen and oxygen atoms in total. The molecule has 0 bridgehead atoms. The van der Waals surface area contributed by atoms with Crippen LogP contribution in [-0.4, -0.2) is 28.1 Å².